The average Bonchev–Trinajstić information content (AvgIpc) is 2.82. The van der Waals surface area contributed by atoms with Gasteiger partial charge in [-0.25, -0.2) is 13.4 Å². The summed E-state index contributed by atoms with van der Waals surface area (Å²) in [6.45, 7) is 7.23. The lowest BCUT2D eigenvalue weighted by Gasteiger charge is -2.12. The Bertz CT molecular complexity index is 724. The molecule has 0 spiro atoms. The minimum atomic E-state index is -3.61. The Morgan fingerprint density at radius 2 is 2.05 bits per heavy atom. The Labute approximate surface area is 129 Å². The van der Waals surface area contributed by atoms with Crippen LogP contribution in [-0.2, 0) is 16.6 Å². The van der Waals surface area contributed by atoms with Gasteiger partial charge >= 0.3 is 0 Å². The third kappa shape index (κ3) is 3.81. The molecule has 0 radical (unpaired) electrons. The molecule has 0 aliphatic heterocycles. The summed E-state index contributed by atoms with van der Waals surface area (Å²) in [6.07, 6.45) is 1.65. The molecule has 0 bridgehead atoms. The number of sulfonamides is 1. The normalized spacial score (nSPS) is 11.6. The molecule has 1 aromatic heterocycles. The Hall–Kier alpha value is -1.44. The lowest BCUT2D eigenvalue weighted by atomic mass is 10.1. The summed E-state index contributed by atoms with van der Waals surface area (Å²) in [5.74, 6) is 0. The highest BCUT2D eigenvalue weighted by molar-refractivity contribution is 7.93. The Balaban J connectivity index is 2.31. The predicted octanol–water partition coefficient (Wildman–Crippen LogP) is 2.67. The number of hydrogen-bond donors (Lipinski definition) is 2. The van der Waals surface area contributed by atoms with Gasteiger partial charge < -0.3 is 5.32 Å². The van der Waals surface area contributed by atoms with E-state index in [0.29, 0.717) is 16.6 Å². The summed E-state index contributed by atoms with van der Waals surface area (Å²) in [7, 11) is -3.61. The van der Waals surface area contributed by atoms with E-state index in [1.807, 2.05) is 26.8 Å². The molecule has 0 aliphatic carbocycles. The lowest BCUT2D eigenvalue weighted by molar-refractivity contribution is 0.600. The van der Waals surface area contributed by atoms with Crippen molar-refractivity contribution >= 4 is 26.5 Å². The summed E-state index contributed by atoms with van der Waals surface area (Å²) in [5.41, 5.74) is 1.74. The highest BCUT2D eigenvalue weighted by atomic mass is 32.2. The van der Waals surface area contributed by atoms with Crippen molar-refractivity contribution in [3.8, 4) is 0 Å². The first-order chi connectivity index (χ1) is 9.94. The van der Waals surface area contributed by atoms with E-state index in [0.717, 1.165) is 22.5 Å². The maximum Gasteiger partial charge on any atom is 0.263 e. The van der Waals surface area contributed by atoms with Crippen LogP contribution in [0.1, 0.15) is 22.9 Å². The maximum atomic E-state index is 12.5. The Morgan fingerprint density at radius 3 is 2.67 bits per heavy atom. The third-order valence-corrected chi connectivity index (χ3v) is 5.53. The Morgan fingerprint density at radius 1 is 1.29 bits per heavy atom. The average molecular weight is 325 g/mol. The summed E-state index contributed by atoms with van der Waals surface area (Å²) in [4.78, 5) is 5.30. The molecule has 2 N–H and O–H groups in total. The fraction of sp³-hybridized carbons (Fsp3) is 0.357. The molecule has 114 valence electrons. The van der Waals surface area contributed by atoms with Gasteiger partial charge in [0, 0.05) is 17.6 Å². The number of nitrogens with zero attached hydrogens (tertiary/aromatic N) is 1. The molecule has 7 heteroatoms. The van der Waals surface area contributed by atoms with Gasteiger partial charge in [0.1, 0.15) is 0 Å². The van der Waals surface area contributed by atoms with Gasteiger partial charge in [0.05, 0.1) is 4.90 Å². The summed E-state index contributed by atoms with van der Waals surface area (Å²) in [5, 5.41) is 3.60. The monoisotopic (exact) mass is 325 g/mol. The topological polar surface area (TPSA) is 71.1 Å². The van der Waals surface area contributed by atoms with E-state index in [-0.39, 0.29) is 0 Å². The van der Waals surface area contributed by atoms with Crippen molar-refractivity contribution in [1.29, 1.82) is 0 Å². The number of nitrogens with one attached hydrogen (secondary N) is 2. The van der Waals surface area contributed by atoms with E-state index >= 15 is 0 Å². The molecule has 2 aromatic rings. The molecule has 21 heavy (non-hydrogen) atoms. The van der Waals surface area contributed by atoms with Gasteiger partial charge in [-0.3, -0.25) is 4.72 Å². The molecule has 0 atom stereocenters. The largest absolute Gasteiger partial charge is 0.313 e. The fourth-order valence-corrected chi connectivity index (χ4v) is 4.17. The highest BCUT2D eigenvalue weighted by Gasteiger charge is 2.19. The van der Waals surface area contributed by atoms with Crippen LogP contribution in [0.4, 0.5) is 5.13 Å². The molecule has 1 heterocycles. The molecule has 0 unspecified atom stereocenters. The van der Waals surface area contributed by atoms with E-state index in [9.17, 15) is 8.42 Å². The van der Waals surface area contributed by atoms with Crippen LogP contribution >= 0.6 is 11.3 Å². The van der Waals surface area contributed by atoms with E-state index in [2.05, 4.69) is 15.0 Å². The number of aryl methyl sites for hydroxylation is 1. The SMILES string of the molecule is CCNCc1cccc(S(=O)(=O)Nc2ncc(C)s2)c1C. The van der Waals surface area contributed by atoms with Crippen LogP contribution in [-0.4, -0.2) is 19.9 Å². The van der Waals surface area contributed by atoms with Crippen molar-refractivity contribution in [3.05, 3.63) is 40.4 Å². The van der Waals surface area contributed by atoms with E-state index < -0.39 is 10.0 Å². The summed E-state index contributed by atoms with van der Waals surface area (Å²) >= 11 is 1.32. The first-order valence-electron chi connectivity index (χ1n) is 6.68. The van der Waals surface area contributed by atoms with Crippen molar-refractivity contribution in [1.82, 2.24) is 10.3 Å². The second-order valence-electron chi connectivity index (χ2n) is 4.70. The predicted molar refractivity (Wildman–Crippen MR) is 86.2 cm³/mol. The zero-order valence-corrected chi connectivity index (χ0v) is 13.9. The highest BCUT2D eigenvalue weighted by Crippen LogP contribution is 2.24. The smallest absolute Gasteiger partial charge is 0.263 e. The van der Waals surface area contributed by atoms with Crippen molar-refractivity contribution in [3.63, 3.8) is 0 Å². The molecule has 0 amide bonds. The third-order valence-electron chi connectivity index (χ3n) is 3.09. The van der Waals surface area contributed by atoms with E-state index in [4.69, 9.17) is 0 Å². The van der Waals surface area contributed by atoms with Crippen molar-refractivity contribution in [2.24, 2.45) is 0 Å². The summed E-state index contributed by atoms with van der Waals surface area (Å²) < 4.78 is 27.5. The van der Waals surface area contributed by atoms with Gasteiger partial charge in [-0.05, 0) is 37.6 Å². The second kappa shape index (κ2) is 6.55. The number of rotatable bonds is 6. The molecule has 2 rings (SSSR count). The molecule has 5 nitrogen and oxygen atoms in total. The van der Waals surface area contributed by atoms with Gasteiger partial charge in [0.2, 0.25) is 0 Å². The molecule has 0 saturated heterocycles. The number of benzene rings is 1. The van der Waals surface area contributed by atoms with Crippen LogP contribution < -0.4 is 10.0 Å². The first kappa shape index (κ1) is 15.9. The van der Waals surface area contributed by atoms with Crippen LogP contribution in [0.2, 0.25) is 0 Å². The van der Waals surface area contributed by atoms with Gasteiger partial charge in [-0.2, -0.15) is 0 Å². The van der Waals surface area contributed by atoms with Crippen LogP contribution in [0, 0.1) is 13.8 Å². The van der Waals surface area contributed by atoms with Crippen LogP contribution in [0.15, 0.2) is 29.3 Å². The summed E-state index contributed by atoms with van der Waals surface area (Å²) in [6, 6.07) is 5.32. The molecular weight excluding hydrogens is 306 g/mol. The quantitative estimate of drug-likeness (QED) is 0.856. The zero-order valence-electron chi connectivity index (χ0n) is 12.3. The van der Waals surface area contributed by atoms with Crippen molar-refractivity contribution < 1.29 is 8.42 Å². The minimum absolute atomic E-state index is 0.297. The molecule has 0 fully saturated rings. The number of anilines is 1. The number of aromatic nitrogens is 1. The number of hydrogen-bond acceptors (Lipinski definition) is 5. The van der Waals surface area contributed by atoms with Gasteiger partial charge in [-0.1, -0.05) is 19.1 Å². The first-order valence-corrected chi connectivity index (χ1v) is 8.98. The molecular formula is C14H19N3O2S2. The van der Waals surface area contributed by atoms with Gasteiger partial charge in [0.15, 0.2) is 5.13 Å². The molecule has 0 aliphatic rings. The van der Waals surface area contributed by atoms with Crippen LogP contribution in [0.25, 0.3) is 0 Å². The van der Waals surface area contributed by atoms with E-state index in [1.165, 1.54) is 11.3 Å². The van der Waals surface area contributed by atoms with E-state index in [1.54, 1.807) is 18.3 Å². The molecule has 0 saturated carbocycles. The van der Waals surface area contributed by atoms with Crippen LogP contribution in [0.5, 0.6) is 0 Å². The van der Waals surface area contributed by atoms with Gasteiger partial charge in [0.25, 0.3) is 10.0 Å². The van der Waals surface area contributed by atoms with Crippen molar-refractivity contribution in [2.75, 3.05) is 11.3 Å². The van der Waals surface area contributed by atoms with Crippen LogP contribution in [0.3, 0.4) is 0 Å². The zero-order chi connectivity index (χ0) is 15.5. The minimum Gasteiger partial charge on any atom is -0.313 e. The second-order valence-corrected chi connectivity index (χ2v) is 7.59. The van der Waals surface area contributed by atoms with Gasteiger partial charge in [-0.15, -0.1) is 11.3 Å². The molecule has 1 aromatic carbocycles. The maximum absolute atomic E-state index is 12.5. The number of thiazole rings is 1. The lowest BCUT2D eigenvalue weighted by Crippen LogP contribution is -2.17. The van der Waals surface area contributed by atoms with Crippen molar-refractivity contribution in [2.45, 2.75) is 32.2 Å². The standard InChI is InChI=1S/C14H19N3O2S2/c1-4-15-9-12-6-5-7-13(11(12)3)21(18,19)17-14-16-8-10(2)20-14/h5-8,15H,4,9H2,1-3H3,(H,16,17). The Kier molecular flexibility index (Phi) is 4.97. The fourth-order valence-electron chi connectivity index (χ4n) is 1.97.